The van der Waals surface area contributed by atoms with Crippen LogP contribution in [-0.2, 0) is 22.2 Å². The van der Waals surface area contributed by atoms with Crippen LogP contribution < -0.4 is 0 Å². The summed E-state index contributed by atoms with van der Waals surface area (Å²) < 4.78 is 22.8. The lowest BCUT2D eigenvalue weighted by Gasteiger charge is -2.29. The van der Waals surface area contributed by atoms with Crippen molar-refractivity contribution in [2.24, 2.45) is 0 Å². The molecule has 0 heterocycles. The van der Waals surface area contributed by atoms with Crippen molar-refractivity contribution in [1.29, 1.82) is 0 Å². The fraction of sp³-hybridized carbons (Fsp3) is 0.769. The van der Waals surface area contributed by atoms with Gasteiger partial charge in [0, 0.05) is 12.7 Å². The summed E-state index contributed by atoms with van der Waals surface area (Å²) in [4.78, 5) is 10.9. The quantitative estimate of drug-likeness (QED) is 0.248. The monoisotopic (exact) mass is 350 g/mol. The Morgan fingerprint density at radius 3 is 1.90 bits per heavy atom. The summed E-state index contributed by atoms with van der Waals surface area (Å²) in [5.41, 5.74) is 0. The third-order valence-electron chi connectivity index (χ3n) is 2.10. The third kappa shape index (κ3) is 14.4. The molecule has 124 valence electrons. The van der Waals surface area contributed by atoms with Crippen molar-refractivity contribution in [3.05, 3.63) is 12.7 Å². The average molecular weight is 351 g/mol. The first kappa shape index (κ1) is 20.7. The van der Waals surface area contributed by atoms with Crippen LogP contribution in [-0.4, -0.2) is 45.3 Å². The van der Waals surface area contributed by atoms with E-state index in [2.05, 4.69) is 45.9 Å². The number of carbonyl (C=O) groups excluding carboxylic acids is 1. The van der Waals surface area contributed by atoms with E-state index in [0.717, 1.165) is 12.8 Å². The summed E-state index contributed by atoms with van der Waals surface area (Å²) >= 11 is 0. The van der Waals surface area contributed by atoms with Gasteiger partial charge in [0.05, 0.1) is 6.61 Å². The fourth-order valence-corrected chi connectivity index (χ4v) is 7.43. The van der Waals surface area contributed by atoms with Crippen molar-refractivity contribution in [1.82, 2.24) is 0 Å². The fourth-order valence-electron chi connectivity index (χ4n) is 1.28. The van der Waals surface area contributed by atoms with Crippen LogP contribution in [0.2, 0.25) is 39.3 Å². The van der Waals surface area contributed by atoms with Gasteiger partial charge in [0.1, 0.15) is 0 Å². The minimum Gasteiger partial charge on any atom is -0.463 e. The molecule has 0 fully saturated rings. The van der Waals surface area contributed by atoms with Gasteiger partial charge in [0.2, 0.25) is 0 Å². The predicted octanol–water partition coefficient (Wildman–Crippen LogP) is 2.93. The number of rotatable bonds is 11. The van der Waals surface area contributed by atoms with E-state index in [1.165, 1.54) is 6.08 Å². The highest BCUT2D eigenvalue weighted by Crippen LogP contribution is 2.12. The van der Waals surface area contributed by atoms with E-state index >= 15 is 0 Å². The van der Waals surface area contributed by atoms with Gasteiger partial charge in [0.25, 0.3) is 0 Å². The molecule has 0 saturated heterocycles. The van der Waals surface area contributed by atoms with Gasteiger partial charge >= 0.3 is 15.5 Å². The van der Waals surface area contributed by atoms with Gasteiger partial charge < -0.3 is 17.4 Å². The maximum atomic E-state index is 10.9. The van der Waals surface area contributed by atoms with E-state index in [1.807, 2.05) is 0 Å². The van der Waals surface area contributed by atoms with E-state index in [4.69, 9.17) is 17.4 Å². The molecule has 0 aromatic rings. The summed E-state index contributed by atoms with van der Waals surface area (Å²) in [7, 11) is -5.39. The maximum Gasteiger partial charge on any atom is 0.463 e. The average Bonchev–Trinajstić information content (AvgIpc) is 2.28. The van der Waals surface area contributed by atoms with Crippen LogP contribution in [0.5, 0.6) is 0 Å². The zero-order valence-electron chi connectivity index (χ0n) is 14.2. The lowest BCUT2D eigenvalue weighted by molar-refractivity contribution is -0.137. The van der Waals surface area contributed by atoms with E-state index in [1.54, 1.807) is 0 Å². The Kier molecular flexibility index (Phi) is 9.58. The van der Waals surface area contributed by atoms with Gasteiger partial charge in [-0.3, -0.25) is 0 Å². The summed E-state index contributed by atoms with van der Waals surface area (Å²) in [5.74, 6) is -0.382. The van der Waals surface area contributed by atoms with Crippen LogP contribution in [0.25, 0.3) is 0 Å². The lowest BCUT2D eigenvalue weighted by atomic mass is 10.3. The van der Waals surface area contributed by atoms with Gasteiger partial charge in [-0.1, -0.05) is 6.58 Å². The molecule has 8 heteroatoms. The molecule has 0 aromatic carbocycles. The lowest BCUT2D eigenvalue weighted by Crippen LogP contribution is -2.45. The van der Waals surface area contributed by atoms with Gasteiger partial charge in [-0.05, 0) is 52.1 Å². The smallest absolute Gasteiger partial charge is 0.463 e. The van der Waals surface area contributed by atoms with Gasteiger partial charge in [-0.25, -0.2) is 4.79 Å². The molecule has 0 aliphatic rings. The van der Waals surface area contributed by atoms with Crippen molar-refractivity contribution in [3.63, 3.8) is 0 Å². The van der Waals surface area contributed by atoms with E-state index < -0.39 is 26.2 Å². The Bertz CT molecular complexity index is 307. The number of hydrogen-bond acceptors (Lipinski definition) is 5. The highest BCUT2D eigenvalue weighted by molar-refractivity contribution is 6.79. The van der Waals surface area contributed by atoms with Crippen LogP contribution in [0.15, 0.2) is 12.7 Å². The zero-order valence-corrected chi connectivity index (χ0v) is 17.4. The number of hydrogen-bond donors (Lipinski definition) is 0. The molecule has 0 saturated carbocycles. The number of unbranched alkanes of at least 4 members (excludes halogenated alkanes) is 1. The molecule has 5 nitrogen and oxygen atoms in total. The van der Waals surface area contributed by atoms with Gasteiger partial charge in [0.15, 0.2) is 16.6 Å². The Balaban J connectivity index is 4.01. The minimum atomic E-state index is -2.06. The normalized spacial score (nSPS) is 12.5. The molecular formula is C13H30O5Si3. The molecule has 0 bridgehead atoms. The van der Waals surface area contributed by atoms with Gasteiger partial charge in [-0.2, -0.15) is 0 Å². The van der Waals surface area contributed by atoms with Crippen LogP contribution in [0.4, 0.5) is 0 Å². The predicted molar refractivity (Wildman–Crippen MR) is 92.4 cm³/mol. The summed E-state index contributed by atoms with van der Waals surface area (Å²) in [6, 6.07) is 0. The summed E-state index contributed by atoms with van der Waals surface area (Å²) in [6.45, 7) is 17.1. The Morgan fingerprint density at radius 2 is 1.48 bits per heavy atom. The molecule has 0 amide bonds. The molecule has 0 aromatic heterocycles. The topological polar surface area (TPSA) is 54.0 Å². The first-order chi connectivity index (χ1) is 9.53. The first-order valence-electron chi connectivity index (χ1n) is 7.30. The Labute approximate surface area is 132 Å². The second-order valence-electron chi connectivity index (χ2n) is 6.70. The Hall–Kier alpha value is -0.259. The van der Waals surface area contributed by atoms with Crippen molar-refractivity contribution >= 4 is 32.1 Å². The summed E-state index contributed by atoms with van der Waals surface area (Å²) in [6.07, 6.45) is 2.75. The van der Waals surface area contributed by atoms with Crippen LogP contribution in [0.1, 0.15) is 12.8 Å². The first-order valence-corrected chi connectivity index (χ1v) is 15.5. The highest BCUT2D eigenvalue weighted by Gasteiger charge is 2.30. The SMILES string of the molecule is C=CC(=O)OCCCCO[SiH](O[Si](C)(C)C)O[Si](C)(C)C. The molecule has 0 rings (SSSR count). The standard InChI is InChI=1S/C13H30O5Si3/c1-8-13(14)15-11-9-10-12-16-19(17-20(2,3)4)18-21(5,6)7/h8,19H,1,9-12H2,2-7H3. The maximum absolute atomic E-state index is 10.9. The molecule has 0 atom stereocenters. The second-order valence-corrected chi connectivity index (χ2v) is 17.9. The minimum absolute atomic E-state index is 0.382. The number of ether oxygens (including phenoxy) is 1. The molecule has 0 aliphatic heterocycles. The van der Waals surface area contributed by atoms with Crippen molar-refractivity contribution in [2.75, 3.05) is 13.2 Å². The van der Waals surface area contributed by atoms with E-state index in [9.17, 15) is 4.79 Å². The Morgan fingerprint density at radius 1 is 1.00 bits per heavy atom. The molecule has 21 heavy (non-hydrogen) atoms. The third-order valence-corrected chi connectivity index (χ3v) is 9.81. The zero-order chi connectivity index (χ0) is 16.5. The highest BCUT2D eigenvalue weighted by atomic mass is 28.5. The molecule has 0 spiro atoms. The van der Waals surface area contributed by atoms with Crippen molar-refractivity contribution in [3.8, 4) is 0 Å². The van der Waals surface area contributed by atoms with E-state index in [0.29, 0.717) is 13.2 Å². The largest absolute Gasteiger partial charge is 0.463 e. The number of carbonyl (C=O) groups is 1. The van der Waals surface area contributed by atoms with Crippen LogP contribution >= 0.6 is 0 Å². The van der Waals surface area contributed by atoms with Crippen molar-refractivity contribution < 1.29 is 22.2 Å². The molecular weight excluding hydrogens is 320 g/mol. The molecule has 0 aliphatic carbocycles. The van der Waals surface area contributed by atoms with Crippen LogP contribution in [0, 0.1) is 0 Å². The molecule has 0 N–H and O–H groups in total. The van der Waals surface area contributed by atoms with Crippen molar-refractivity contribution in [2.45, 2.75) is 52.1 Å². The molecule has 0 radical (unpaired) electrons. The number of esters is 1. The second kappa shape index (κ2) is 9.70. The van der Waals surface area contributed by atoms with E-state index in [-0.39, 0.29) is 5.97 Å². The molecule has 0 unspecified atom stereocenters. The summed E-state index contributed by atoms with van der Waals surface area (Å²) in [5, 5.41) is 0. The van der Waals surface area contributed by atoms with Crippen LogP contribution in [0.3, 0.4) is 0 Å². The van der Waals surface area contributed by atoms with Gasteiger partial charge in [-0.15, -0.1) is 0 Å².